The maximum Gasteiger partial charge on any atom is 0.335 e. The topological polar surface area (TPSA) is 69.6 Å². The Bertz CT molecular complexity index is 480. The number of rotatable bonds is 5. The number of carbonyl (C=O) groups is 2. The van der Waals surface area contributed by atoms with Gasteiger partial charge < -0.3 is 15.3 Å². The predicted molar refractivity (Wildman–Crippen MR) is 75.7 cm³/mol. The van der Waals surface area contributed by atoms with E-state index in [1.54, 1.807) is 24.3 Å². The van der Waals surface area contributed by atoms with Gasteiger partial charge in [0.1, 0.15) is 0 Å². The third-order valence-corrected chi connectivity index (χ3v) is 3.76. The molecule has 20 heavy (non-hydrogen) atoms. The fourth-order valence-corrected chi connectivity index (χ4v) is 2.31. The average Bonchev–Trinajstić information content (AvgIpc) is 2.40. The number of carboxylic acids is 1. The van der Waals surface area contributed by atoms with Gasteiger partial charge in [0.05, 0.1) is 5.56 Å². The van der Waals surface area contributed by atoms with Crippen molar-refractivity contribution in [2.24, 2.45) is 0 Å². The number of nitrogens with one attached hydrogen (secondary N) is 1. The fraction of sp³-hybridized carbons (Fsp3) is 0.467. The summed E-state index contributed by atoms with van der Waals surface area (Å²) in [6.07, 6.45) is 3.38. The monoisotopic (exact) mass is 276 g/mol. The van der Waals surface area contributed by atoms with Crippen molar-refractivity contribution in [3.8, 4) is 0 Å². The molecule has 1 aromatic carbocycles. The molecule has 5 nitrogen and oxygen atoms in total. The molecule has 2 N–H and O–H groups in total. The maximum atomic E-state index is 12.1. The highest BCUT2D eigenvalue weighted by Gasteiger charge is 2.27. The minimum atomic E-state index is -0.942. The van der Waals surface area contributed by atoms with Crippen LogP contribution < -0.4 is 5.32 Å². The van der Waals surface area contributed by atoms with E-state index in [1.165, 1.54) is 6.42 Å². The van der Waals surface area contributed by atoms with Crippen molar-refractivity contribution in [3.63, 3.8) is 0 Å². The van der Waals surface area contributed by atoms with Crippen LogP contribution in [0.4, 0.5) is 4.79 Å². The zero-order valence-electron chi connectivity index (χ0n) is 11.6. The molecule has 1 aliphatic rings. The van der Waals surface area contributed by atoms with E-state index in [1.807, 2.05) is 11.8 Å². The summed E-state index contributed by atoms with van der Waals surface area (Å²) in [5.74, 6) is -0.942. The standard InChI is InChI=1S/C15H20N2O3/c1-2-17(13-4-3-5-13)15(20)16-10-11-6-8-12(9-7-11)14(18)19/h6-9,13H,2-5,10H2,1H3,(H,16,20)(H,18,19). The summed E-state index contributed by atoms with van der Waals surface area (Å²) in [6, 6.07) is 6.89. The molecule has 0 spiro atoms. The van der Waals surface area contributed by atoms with Crippen LogP contribution in [0.2, 0.25) is 0 Å². The lowest BCUT2D eigenvalue weighted by molar-refractivity contribution is 0.0697. The van der Waals surface area contributed by atoms with Crippen molar-refractivity contribution in [1.82, 2.24) is 10.2 Å². The minimum absolute atomic E-state index is 0.0421. The van der Waals surface area contributed by atoms with Gasteiger partial charge in [-0.1, -0.05) is 12.1 Å². The first-order valence-corrected chi connectivity index (χ1v) is 6.98. The minimum Gasteiger partial charge on any atom is -0.478 e. The van der Waals surface area contributed by atoms with Gasteiger partial charge in [-0.3, -0.25) is 0 Å². The number of hydrogen-bond donors (Lipinski definition) is 2. The summed E-state index contributed by atoms with van der Waals surface area (Å²) in [7, 11) is 0. The normalized spacial score (nSPS) is 14.4. The quantitative estimate of drug-likeness (QED) is 0.868. The van der Waals surface area contributed by atoms with Crippen molar-refractivity contribution < 1.29 is 14.7 Å². The number of benzene rings is 1. The molecular formula is C15H20N2O3. The van der Waals surface area contributed by atoms with E-state index in [4.69, 9.17) is 5.11 Å². The lowest BCUT2D eigenvalue weighted by atomic mass is 9.92. The van der Waals surface area contributed by atoms with E-state index in [-0.39, 0.29) is 11.6 Å². The van der Waals surface area contributed by atoms with Crippen LogP contribution in [0.25, 0.3) is 0 Å². The van der Waals surface area contributed by atoms with Crippen LogP contribution in [0.1, 0.15) is 42.1 Å². The molecule has 0 aromatic heterocycles. The molecule has 0 atom stereocenters. The molecule has 1 aromatic rings. The first-order chi connectivity index (χ1) is 9.61. The molecule has 2 amide bonds. The Hall–Kier alpha value is -2.04. The Morgan fingerprint density at radius 1 is 1.30 bits per heavy atom. The first kappa shape index (κ1) is 14.4. The van der Waals surface area contributed by atoms with E-state index in [9.17, 15) is 9.59 Å². The fourth-order valence-electron chi connectivity index (χ4n) is 2.31. The largest absolute Gasteiger partial charge is 0.478 e. The molecular weight excluding hydrogens is 256 g/mol. The average molecular weight is 276 g/mol. The SMILES string of the molecule is CCN(C(=O)NCc1ccc(C(=O)O)cc1)C1CCC1. The first-order valence-electron chi connectivity index (χ1n) is 6.98. The second-order valence-electron chi connectivity index (χ2n) is 5.03. The third kappa shape index (κ3) is 3.29. The number of aromatic carboxylic acids is 1. The van der Waals surface area contributed by atoms with E-state index >= 15 is 0 Å². The highest BCUT2D eigenvalue weighted by molar-refractivity contribution is 5.87. The van der Waals surface area contributed by atoms with Gasteiger partial charge in [0.2, 0.25) is 0 Å². The highest BCUT2D eigenvalue weighted by Crippen LogP contribution is 2.24. The van der Waals surface area contributed by atoms with E-state index < -0.39 is 5.97 Å². The van der Waals surface area contributed by atoms with Crippen LogP contribution >= 0.6 is 0 Å². The third-order valence-electron chi connectivity index (χ3n) is 3.76. The zero-order chi connectivity index (χ0) is 14.5. The summed E-state index contributed by atoms with van der Waals surface area (Å²) >= 11 is 0. The summed E-state index contributed by atoms with van der Waals surface area (Å²) in [5, 5.41) is 11.7. The van der Waals surface area contributed by atoms with Crippen LogP contribution in [-0.2, 0) is 6.54 Å². The molecule has 1 fully saturated rings. The summed E-state index contributed by atoms with van der Waals surface area (Å²) < 4.78 is 0. The Kier molecular flexibility index (Phi) is 4.61. The zero-order valence-corrected chi connectivity index (χ0v) is 11.6. The molecule has 0 saturated heterocycles. The van der Waals surface area contributed by atoms with Crippen LogP contribution in [-0.4, -0.2) is 34.6 Å². The molecule has 0 aliphatic heterocycles. The molecule has 0 bridgehead atoms. The van der Waals surface area contributed by atoms with E-state index in [0.29, 0.717) is 19.1 Å². The van der Waals surface area contributed by atoms with E-state index in [0.717, 1.165) is 18.4 Å². The Morgan fingerprint density at radius 3 is 2.40 bits per heavy atom. The van der Waals surface area contributed by atoms with Crippen molar-refractivity contribution >= 4 is 12.0 Å². The summed E-state index contributed by atoms with van der Waals surface area (Å²) in [5.41, 5.74) is 1.15. The van der Waals surface area contributed by atoms with Gasteiger partial charge in [-0.25, -0.2) is 9.59 Å². The van der Waals surface area contributed by atoms with Crippen LogP contribution in [0.3, 0.4) is 0 Å². The molecule has 0 unspecified atom stereocenters. The number of amides is 2. The number of hydrogen-bond acceptors (Lipinski definition) is 2. The van der Waals surface area contributed by atoms with Crippen molar-refractivity contribution in [2.75, 3.05) is 6.54 Å². The number of urea groups is 1. The van der Waals surface area contributed by atoms with Crippen molar-refractivity contribution in [3.05, 3.63) is 35.4 Å². The van der Waals surface area contributed by atoms with Gasteiger partial charge in [-0.2, -0.15) is 0 Å². The van der Waals surface area contributed by atoms with Crippen LogP contribution in [0.5, 0.6) is 0 Å². The summed E-state index contributed by atoms with van der Waals surface area (Å²) in [6.45, 7) is 3.12. The lowest BCUT2D eigenvalue weighted by Crippen LogP contribution is -2.48. The van der Waals surface area contributed by atoms with Gasteiger partial charge in [-0.15, -0.1) is 0 Å². The molecule has 1 saturated carbocycles. The molecule has 2 rings (SSSR count). The Morgan fingerprint density at radius 2 is 1.95 bits per heavy atom. The molecule has 108 valence electrons. The predicted octanol–water partition coefficient (Wildman–Crippen LogP) is 2.47. The van der Waals surface area contributed by atoms with Gasteiger partial charge in [-0.05, 0) is 43.9 Å². The number of nitrogens with zero attached hydrogens (tertiary/aromatic N) is 1. The second kappa shape index (κ2) is 6.41. The van der Waals surface area contributed by atoms with Crippen LogP contribution in [0, 0.1) is 0 Å². The maximum absolute atomic E-state index is 12.1. The molecule has 0 heterocycles. The van der Waals surface area contributed by atoms with Gasteiger partial charge in [0.25, 0.3) is 0 Å². The second-order valence-corrected chi connectivity index (χ2v) is 5.03. The van der Waals surface area contributed by atoms with Crippen molar-refractivity contribution in [1.29, 1.82) is 0 Å². The lowest BCUT2D eigenvalue weighted by Gasteiger charge is -2.36. The Balaban J connectivity index is 1.87. The number of carbonyl (C=O) groups excluding carboxylic acids is 1. The van der Waals surface area contributed by atoms with E-state index in [2.05, 4.69) is 5.32 Å². The van der Waals surface area contributed by atoms with Crippen molar-refractivity contribution in [2.45, 2.75) is 38.8 Å². The van der Waals surface area contributed by atoms with Gasteiger partial charge in [0, 0.05) is 19.1 Å². The molecule has 5 heteroatoms. The van der Waals surface area contributed by atoms with Gasteiger partial charge >= 0.3 is 12.0 Å². The number of carboxylic acid groups (broad SMARTS) is 1. The smallest absolute Gasteiger partial charge is 0.335 e. The molecule has 1 aliphatic carbocycles. The summed E-state index contributed by atoms with van der Waals surface area (Å²) in [4.78, 5) is 24.7. The van der Waals surface area contributed by atoms with Gasteiger partial charge in [0.15, 0.2) is 0 Å². The molecule has 0 radical (unpaired) electrons. The van der Waals surface area contributed by atoms with Crippen LogP contribution in [0.15, 0.2) is 24.3 Å². The highest BCUT2D eigenvalue weighted by atomic mass is 16.4. The Labute approximate surface area is 118 Å².